The molecular formula is C19H23NO6. The molecule has 1 heterocycles. The average molecular weight is 361 g/mol. The highest BCUT2D eigenvalue weighted by Gasteiger charge is 2.25. The maximum Gasteiger partial charge on any atom is 0.408 e. The fourth-order valence-electron chi connectivity index (χ4n) is 2.51. The number of carbonyl (C=O) groups is 2. The first-order chi connectivity index (χ1) is 12.1. The van der Waals surface area contributed by atoms with Crippen LogP contribution in [0.15, 0.2) is 33.5 Å². The molecule has 0 aliphatic rings. The fraction of sp³-hybridized carbons (Fsp3) is 0.421. The number of fused-ring (bicyclic) bond motifs is 1. The number of hydrogen-bond acceptors (Lipinski definition) is 6. The van der Waals surface area contributed by atoms with Gasteiger partial charge < -0.3 is 19.2 Å². The summed E-state index contributed by atoms with van der Waals surface area (Å²) in [4.78, 5) is 35.5. The van der Waals surface area contributed by atoms with E-state index in [9.17, 15) is 14.4 Å². The van der Waals surface area contributed by atoms with E-state index in [0.717, 1.165) is 16.5 Å². The Morgan fingerprint density at radius 1 is 1.23 bits per heavy atom. The van der Waals surface area contributed by atoms with Crippen LogP contribution in [0.2, 0.25) is 0 Å². The monoisotopic (exact) mass is 361 g/mol. The molecule has 1 aromatic heterocycles. The van der Waals surface area contributed by atoms with Gasteiger partial charge in [0.05, 0.1) is 7.11 Å². The van der Waals surface area contributed by atoms with Crippen LogP contribution >= 0.6 is 0 Å². The van der Waals surface area contributed by atoms with Gasteiger partial charge in [-0.3, -0.25) is 0 Å². The van der Waals surface area contributed by atoms with Crippen LogP contribution < -0.4 is 10.9 Å². The summed E-state index contributed by atoms with van der Waals surface area (Å²) in [6.45, 7) is 7.01. The van der Waals surface area contributed by atoms with Gasteiger partial charge in [-0.2, -0.15) is 0 Å². The fourth-order valence-corrected chi connectivity index (χ4v) is 2.51. The summed E-state index contributed by atoms with van der Waals surface area (Å²) in [5.74, 6) is -0.577. The Balaban J connectivity index is 2.25. The van der Waals surface area contributed by atoms with Gasteiger partial charge in [0, 0.05) is 17.9 Å². The van der Waals surface area contributed by atoms with Crippen LogP contribution in [0.1, 0.15) is 31.9 Å². The van der Waals surface area contributed by atoms with Crippen molar-refractivity contribution in [2.24, 2.45) is 0 Å². The Morgan fingerprint density at radius 3 is 2.54 bits per heavy atom. The second-order valence-electron chi connectivity index (χ2n) is 7.01. The Bertz CT molecular complexity index is 878. The summed E-state index contributed by atoms with van der Waals surface area (Å²) in [7, 11) is 1.26. The minimum absolute atomic E-state index is 0.209. The minimum atomic E-state index is -0.900. The quantitative estimate of drug-likeness (QED) is 0.665. The van der Waals surface area contributed by atoms with E-state index in [-0.39, 0.29) is 6.42 Å². The number of ether oxygens (including phenoxy) is 2. The standard InChI is InChI=1S/C19H23NO6/c1-11-8-16(21)25-15-7-6-12(9-13(11)15)10-14(17(22)24-5)20-18(23)26-19(2,3)4/h6-9,14H,10H2,1-5H3,(H,20,23)/t14-/m0/s1. The van der Waals surface area contributed by atoms with Crippen LogP contribution in [-0.2, 0) is 20.7 Å². The predicted octanol–water partition coefficient (Wildman–Crippen LogP) is 2.71. The minimum Gasteiger partial charge on any atom is -0.467 e. The molecule has 0 spiro atoms. The number of rotatable bonds is 4. The van der Waals surface area contributed by atoms with E-state index in [1.165, 1.54) is 13.2 Å². The van der Waals surface area contributed by atoms with Gasteiger partial charge in [0.2, 0.25) is 0 Å². The molecule has 0 saturated carbocycles. The third kappa shape index (κ3) is 5.08. The van der Waals surface area contributed by atoms with Crippen molar-refractivity contribution in [1.29, 1.82) is 0 Å². The SMILES string of the molecule is COC(=O)[C@H](Cc1ccc2oc(=O)cc(C)c2c1)NC(=O)OC(C)(C)C. The molecule has 0 aliphatic carbocycles. The number of benzene rings is 1. The number of alkyl carbamates (subject to hydrolysis) is 1. The maximum atomic E-state index is 12.0. The van der Waals surface area contributed by atoms with E-state index < -0.39 is 29.3 Å². The summed E-state index contributed by atoms with van der Waals surface area (Å²) in [5, 5.41) is 3.30. The number of methoxy groups -OCH3 is 1. The van der Waals surface area contributed by atoms with Gasteiger partial charge in [0.1, 0.15) is 17.2 Å². The first-order valence-corrected chi connectivity index (χ1v) is 8.20. The number of nitrogens with one attached hydrogen (secondary N) is 1. The van der Waals surface area contributed by atoms with Gasteiger partial charge in [0.25, 0.3) is 0 Å². The first-order valence-electron chi connectivity index (χ1n) is 8.20. The zero-order valence-corrected chi connectivity index (χ0v) is 15.5. The molecule has 7 heteroatoms. The molecular weight excluding hydrogens is 338 g/mol. The van der Waals surface area contributed by atoms with Gasteiger partial charge >= 0.3 is 17.7 Å². The lowest BCUT2D eigenvalue weighted by Gasteiger charge is -2.22. The Labute approximate surface area is 151 Å². The van der Waals surface area contributed by atoms with Crippen molar-refractivity contribution in [2.45, 2.75) is 45.8 Å². The summed E-state index contributed by atoms with van der Waals surface area (Å²) in [5.41, 5.74) is 0.923. The third-order valence-corrected chi connectivity index (χ3v) is 3.63. The summed E-state index contributed by atoms with van der Waals surface area (Å²) < 4.78 is 15.1. The summed E-state index contributed by atoms with van der Waals surface area (Å²) in [6.07, 6.45) is -0.490. The smallest absolute Gasteiger partial charge is 0.408 e. The van der Waals surface area contributed by atoms with Gasteiger partial charge in [-0.1, -0.05) is 6.07 Å². The Kier molecular flexibility index (Phi) is 5.69. The van der Waals surface area contributed by atoms with Crippen LogP contribution in [0.25, 0.3) is 11.0 Å². The molecule has 26 heavy (non-hydrogen) atoms. The largest absolute Gasteiger partial charge is 0.467 e. The van der Waals surface area contributed by atoms with Gasteiger partial charge in [-0.15, -0.1) is 0 Å². The van der Waals surface area contributed by atoms with Crippen LogP contribution in [0, 0.1) is 6.92 Å². The normalized spacial score (nSPS) is 12.5. The molecule has 0 saturated heterocycles. The van der Waals surface area contributed by atoms with E-state index in [4.69, 9.17) is 13.9 Å². The zero-order valence-electron chi connectivity index (χ0n) is 15.5. The lowest BCUT2D eigenvalue weighted by molar-refractivity contribution is -0.143. The number of aryl methyl sites for hydroxylation is 1. The Morgan fingerprint density at radius 2 is 1.92 bits per heavy atom. The number of carbonyl (C=O) groups excluding carboxylic acids is 2. The molecule has 1 aromatic carbocycles. The maximum absolute atomic E-state index is 12.0. The molecule has 0 fully saturated rings. The summed E-state index contributed by atoms with van der Waals surface area (Å²) in [6, 6.07) is 5.73. The van der Waals surface area contributed by atoms with Crippen LogP contribution in [0.3, 0.4) is 0 Å². The molecule has 7 nitrogen and oxygen atoms in total. The van der Waals surface area contributed by atoms with Gasteiger partial charge in [-0.25, -0.2) is 14.4 Å². The van der Waals surface area contributed by atoms with E-state index in [2.05, 4.69) is 5.32 Å². The number of amides is 1. The van der Waals surface area contributed by atoms with E-state index in [0.29, 0.717) is 5.58 Å². The second kappa shape index (κ2) is 7.59. The highest BCUT2D eigenvalue weighted by molar-refractivity contribution is 5.83. The van der Waals surface area contributed by atoms with Crippen molar-refractivity contribution in [2.75, 3.05) is 7.11 Å². The highest BCUT2D eigenvalue weighted by Crippen LogP contribution is 2.19. The van der Waals surface area contributed by atoms with E-state index >= 15 is 0 Å². The van der Waals surface area contributed by atoms with E-state index in [1.807, 2.05) is 6.07 Å². The van der Waals surface area contributed by atoms with Crippen molar-refractivity contribution in [3.8, 4) is 0 Å². The van der Waals surface area contributed by atoms with Gasteiger partial charge in [0.15, 0.2) is 0 Å². The molecule has 1 atom stereocenters. The van der Waals surface area contributed by atoms with Crippen molar-refractivity contribution in [3.63, 3.8) is 0 Å². The Hall–Kier alpha value is -2.83. The highest BCUT2D eigenvalue weighted by atomic mass is 16.6. The zero-order chi connectivity index (χ0) is 19.5. The van der Waals surface area contributed by atoms with Crippen molar-refractivity contribution in [3.05, 3.63) is 45.8 Å². The molecule has 140 valence electrons. The topological polar surface area (TPSA) is 94.8 Å². The molecule has 1 N–H and O–H groups in total. The number of hydrogen-bond donors (Lipinski definition) is 1. The van der Waals surface area contributed by atoms with Crippen LogP contribution in [-0.4, -0.2) is 30.8 Å². The van der Waals surface area contributed by atoms with Crippen LogP contribution in [0.5, 0.6) is 0 Å². The van der Waals surface area contributed by atoms with Crippen LogP contribution in [0.4, 0.5) is 4.79 Å². The molecule has 1 amide bonds. The van der Waals surface area contributed by atoms with Crippen molar-refractivity contribution < 1.29 is 23.5 Å². The molecule has 0 unspecified atom stereocenters. The molecule has 0 radical (unpaired) electrons. The molecule has 0 aliphatic heterocycles. The van der Waals surface area contributed by atoms with Crippen molar-refractivity contribution in [1.82, 2.24) is 5.32 Å². The lowest BCUT2D eigenvalue weighted by Crippen LogP contribution is -2.45. The lowest BCUT2D eigenvalue weighted by atomic mass is 10.0. The van der Waals surface area contributed by atoms with Gasteiger partial charge in [-0.05, 0) is 51.0 Å². The summed E-state index contributed by atoms with van der Waals surface area (Å²) >= 11 is 0. The average Bonchev–Trinajstić information content (AvgIpc) is 2.52. The predicted molar refractivity (Wildman–Crippen MR) is 96.1 cm³/mol. The first kappa shape index (κ1) is 19.5. The number of esters is 1. The van der Waals surface area contributed by atoms with E-state index in [1.54, 1.807) is 39.8 Å². The molecule has 0 bridgehead atoms. The molecule has 2 aromatic rings. The second-order valence-corrected chi connectivity index (χ2v) is 7.01. The molecule has 2 rings (SSSR count). The third-order valence-electron chi connectivity index (χ3n) is 3.63. The van der Waals surface area contributed by atoms with Crippen molar-refractivity contribution >= 4 is 23.0 Å².